The normalized spacial score (nSPS) is 10.5. The standard InChI is InChI=1S/C11H7BrO3/c12-6-9(13)8-3-1-2-7-4-5-10(14)15-11(7)8/h1-5H,6H2. The number of hydrogen-bond acceptors (Lipinski definition) is 3. The molecule has 0 amide bonds. The summed E-state index contributed by atoms with van der Waals surface area (Å²) in [4.78, 5) is 22.6. The lowest BCUT2D eigenvalue weighted by atomic mass is 10.1. The molecule has 0 aliphatic carbocycles. The molecule has 0 bridgehead atoms. The summed E-state index contributed by atoms with van der Waals surface area (Å²) in [6.45, 7) is 0. The highest BCUT2D eigenvalue weighted by atomic mass is 79.9. The fourth-order valence-electron chi connectivity index (χ4n) is 1.38. The fraction of sp³-hybridized carbons (Fsp3) is 0.0909. The second-order valence-electron chi connectivity index (χ2n) is 3.04. The quantitative estimate of drug-likeness (QED) is 0.476. The van der Waals surface area contributed by atoms with Crippen molar-refractivity contribution >= 4 is 32.7 Å². The molecule has 2 aromatic rings. The van der Waals surface area contributed by atoms with Gasteiger partial charge in [0.25, 0.3) is 0 Å². The van der Waals surface area contributed by atoms with Gasteiger partial charge in [0.15, 0.2) is 5.78 Å². The van der Waals surface area contributed by atoms with Crippen molar-refractivity contribution in [2.75, 3.05) is 5.33 Å². The summed E-state index contributed by atoms with van der Waals surface area (Å²) in [5.41, 5.74) is 0.342. The first-order valence-electron chi connectivity index (χ1n) is 4.34. The molecule has 0 aliphatic rings. The number of Topliss-reactive ketones (excluding diaryl/α,β-unsaturated/α-hetero) is 1. The second kappa shape index (κ2) is 3.98. The van der Waals surface area contributed by atoms with Crippen LogP contribution < -0.4 is 5.63 Å². The number of carbonyl (C=O) groups is 1. The fourth-order valence-corrected chi connectivity index (χ4v) is 1.69. The molecule has 0 fully saturated rings. The number of fused-ring (bicyclic) bond motifs is 1. The van der Waals surface area contributed by atoms with Crippen LogP contribution in [0.15, 0.2) is 39.5 Å². The van der Waals surface area contributed by atoms with Crippen LogP contribution in [0.4, 0.5) is 0 Å². The molecular formula is C11H7BrO3. The van der Waals surface area contributed by atoms with Crippen molar-refractivity contribution in [3.8, 4) is 0 Å². The predicted molar refractivity (Wildman–Crippen MR) is 60.6 cm³/mol. The molecule has 0 radical (unpaired) electrons. The van der Waals surface area contributed by atoms with E-state index in [9.17, 15) is 9.59 Å². The van der Waals surface area contributed by atoms with Gasteiger partial charge in [-0.15, -0.1) is 0 Å². The minimum absolute atomic E-state index is 0.102. The highest BCUT2D eigenvalue weighted by Gasteiger charge is 2.10. The summed E-state index contributed by atoms with van der Waals surface area (Å²) in [5.74, 6) is -0.102. The number of para-hydroxylation sites is 1. The van der Waals surface area contributed by atoms with Crippen LogP contribution in [0.1, 0.15) is 10.4 Å². The van der Waals surface area contributed by atoms with E-state index in [2.05, 4.69) is 15.9 Å². The van der Waals surface area contributed by atoms with Crippen LogP contribution in [-0.4, -0.2) is 11.1 Å². The van der Waals surface area contributed by atoms with Crippen molar-refractivity contribution in [2.24, 2.45) is 0 Å². The zero-order valence-electron chi connectivity index (χ0n) is 7.70. The Kier molecular flexibility index (Phi) is 2.68. The number of halogens is 1. The SMILES string of the molecule is O=C(CBr)c1cccc2ccc(=O)oc12. The molecule has 3 nitrogen and oxygen atoms in total. The first-order valence-corrected chi connectivity index (χ1v) is 5.46. The van der Waals surface area contributed by atoms with Crippen molar-refractivity contribution in [3.63, 3.8) is 0 Å². The Hall–Kier alpha value is -1.42. The van der Waals surface area contributed by atoms with Gasteiger partial charge < -0.3 is 4.42 Å². The maximum Gasteiger partial charge on any atom is 0.336 e. The van der Waals surface area contributed by atoms with Gasteiger partial charge in [-0.2, -0.15) is 0 Å². The summed E-state index contributed by atoms with van der Waals surface area (Å²) in [5, 5.41) is 0.964. The molecule has 2 rings (SSSR count). The monoisotopic (exact) mass is 266 g/mol. The number of carbonyl (C=O) groups excluding carboxylic acids is 1. The van der Waals surface area contributed by atoms with Crippen molar-refractivity contribution < 1.29 is 9.21 Å². The van der Waals surface area contributed by atoms with Crippen LogP contribution >= 0.6 is 15.9 Å². The van der Waals surface area contributed by atoms with E-state index < -0.39 is 5.63 Å². The van der Waals surface area contributed by atoms with Gasteiger partial charge in [0.1, 0.15) is 5.58 Å². The minimum Gasteiger partial charge on any atom is -0.422 e. The predicted octanol–water partition coefficient (Wildman–Crippen LogP) is 2.37. The Morgan fingerprint density at radius 1 is 1.27 bits per heavy atom. The molecule has 4 heteroatoms. The molecule has 0 aliphatic heterocycles. The average Bonchev–Trinajstić information content (AvgIpc) is 2.27. The molecule has 15 heavy (non-hydrogen) atoms. The van der Waals surface area contributed by atoms with E-state index in [-0.39, 0.29) is 11.1 Å². The van der Waals surface area contributed by atoms with E-state index in [1.54, 1.807) is 24.3 Å². The first-order chi connectivity index (χ1) is 7.22. The summed E-state index contributed by atoms with van der Waals surface area (Å²) in [7, 11) is 0. The van der Waals surface area contributed by atoms with Crippen LogP contribution in [-0.2, 0) is 0 Å². The zero-order valence-corrected chi connectivity index (χ0v) is 9.28. The highest BCUT2D eigenvalue weighted by Crippen LogP contribution is 2.17. The maximum atomic E-state index is 11.5. The number of hydrogen-bond donors (Lipinski definition) is 0. The molecule has 0 saturated heterocycles. The van der Waals surface area contributed by atoms with E-state index in [4.69, 9.17) is 4.42 Å². The van der Waals surface area contributed by atoms with Gasteiger partial charge in [-0.25, -0.2) is 4.79 Å². The van der Waals surface area contributed by atoms with Gasteiger partial charge in [-0.05, 0) is 12.1 Å². The van der Waals surface area contributed by atoms with Crippen LogP contribution in [0.3, 0.4) is 0 Å². The van der Waals surface area contributed by atoms with Crippen LogP contribution in [0.2, 0.25) is 0 Å². The lowest BCUT2D eigenvalue weighted by Crippen LogP contribution is -2.03. The van der Waals surface area contributed by atoms with Gasteiger partial charge in [0.05, 0.1) is 10.9 Å². The number of ketones is 1. The summed E-state index contributed by atoms with van der Waals surface area (Å²) < 4.78 is 5.02. The summed E-state index contributed by atoms with van der Waals surface area (Å²) in [6, 6.07) is 8.19. The van der Waals surface area contributed by atoms with E-state index >= 15 is 0 Å². The molecule has 76 valence electrons. The van der Waals surface area contributed by atoms with E-state index in [1.807, 2.05) is 0 Å². The van der Waals surface area contributed by atoms with Gasteiger partial charge in [-0.3, -0.25) is 4.79 Å². The molecular weight excluding hydrogens is 260 g/mol. The van der Waals surface area contributed by atoms with E-state index in [0.717, 1.165) is 5.39 Å². The van der Waals surface area contributed by atoms with Gasteiger partial charge in [0, 0.05) is 11.5 Å². The van der Waals surface area contributed by atoms with E-state index in [0.29, 0.717) is 11.1 Å². The number of alkyl halides is 1. The Bertz CT molecular complexity index is 571. The molecule has 1 aromatic carbocycles. The van der Waals surface area contributed by atoms with Crippen LogP contribution in [0.25, 0.3) is 11.0 Å². The third-order valence-electron chi connectivity index (χ3n) is 2.07. The van der Waals surface area contributed by atoms with E-state index in [1.165, 1.54) is 6.07 Å². The largest absolute Gasteiger partial charge is 0.422 e. The molecule has 0 N–H and O–H groups in total. The summed E-state index contributed by atoms with van der Waals surface area (Å²) in [6.07, 6.45) is 0. The zero-order chi connectivity index (χ0) is 10.8. The lowest BCUT2D eigenvalue weighted by Gasteiger charge is -2.01. The molecule has 0 saturated carbocycles. The van der Waals surface area contributed by atoms with Gasteiger partial charge in [-0.1, -0.05) is 28.1 Å². The first kappa shape index (κ1) is 10.1. The highest BCUT2D eigenvalue weighted by molar-refractivity contribution is 9.09. The number of benzene rings is 1. The van der Waals surface area contributed by atoms with Gasteiger partial charge >= 0.3 is 5.63 Å². The smallest absolute Gasteiger partial charge is 0.336 e. The van der Waals surface area contributed by atoms with Crippen molar-refractivity contribution in [1.82, 2.24) is 0 Å². The van der Waals surface area contributed by atoms with Crippen molar-refractivity contribution in [3.05, 3.63) is 46.3 Å². The minimum atomic E-state index is -0.447. The topological polar surface area (TPSA) is 47.3 Å². The molecule has 0 spiro atoms. The van der Waals surface area contributed by atoms with Crippen molar-refractivity contribution in [2.45, 2.75) is 0 Å². The maximum absolute atomic E-state index is 11.5. The Morgan fingerprint density at radius 2 is 2.07 bits per heavy atom. The van der Waals surface area contributed by atoms with Crippen LogP contribution in [0.5, 0.6) is 0 Å². The molecule has 0 unspecified atom stereocenters. The van der Waals surface area contributed by atoms with Crippen LogP contribution in [0, 0.1) is 0 Å². The lowest BCUT2D eigenvalue weighted by molar-refractivity contribution is 0.102. The average molecular weight is 267 g/mol. The third kappa shape index (κ3) is 1.85. The van der Waals surface area contributed by atoms with Crippen molar-refractivity contribution in [1.29, 1.82) is 0 Å². The third-order valence-corrected chi connectivity index (χ3v) is 2.58. The van der Waals surface area contributed by atoms with Gasteiger partial charge in [0.2, 0.25) is 0 Å². The molecule has 0 atom stereocenters. The Morgan fingerprint density at radius 3 is 2.80 bits per heavy atom. The molecule has 1 heterocycles. The Balaban J connectivity index is 2.79. The molecule has 1 aromatic heterocycles. The Labute approximate surface area is 93.8 Å². The summed E-state index contributed by atoms with van der Waals surface area (Å²) >= 11 is 3.09. The number of rotatable bonds is 2. The second-order valence-corrected chi connectivity index (χ2v) is 3.60.